The van der Waals surface area contributed by atoms with Gasteiger partial charge in [-0.25, -0.2) is 8.42 Å². The van der Waals surface area contributed by atoms with Gasteiger partial charge in [0, 0.05) is 58.9 Å². The Balaban J connectivity index is 1.21. The highest BCUT2D eigenvalue weighted by Crippen LogP contribution is 2.22. The molecule has 168 valence electrons. The summed E-state index contributed by atoms with van der Waals surface area (Å²) in [6.45, 7) is 8.68. The summed E-state index contributed by atoms with van der Waals surface area (Å²) in [7, 11) is -3.40. The molecule has 0 unspecified atom stereocenters. The van der Waals surface area contributed by atoms with Gasteiger partial charge in [0.25, 0.3) is 10.0 Å². The van der Waals surface area contributed by atoms with E-state index >= 15 is 0 Å². The molecule has 0 bridgehead atoms. The molecule has 2 saturated heterocycles. The summed E-state index contributed by atoms with van der Waals surface area (Å²) in [4.78, 5) is 19.2. The average Bonchev–Trinajstić information content (AvgIpc) is 3.31. The van der Waals surface area contributed by atoms with E-state index in [1.165, 1.54) is 26.8 Å². The SMILES string of the molecule is Cc1cccc(CN2CCN(C(=O)CN3CCN(S(=O)(=O)c4cccs4)CC3)CC2)c1. The number of carbonyl (C=O) groups is 1. The second kappa shape index (κ2) is 9.79. The third-order valence-corrected chi connectivity index (χ3v) is 9.26. The smallest absolute Gasteiger partial charge is 0.252 e. The Bertz CT molecular complexity index is 978. The summed E-state index contributed by atoms with van der Waals surface area (Å²) >= 11 is 1.25. The van der Waals surface area contributed by atoms with Crippen LogP contribution in [-0.2, 0) is 21.4 Å². The van der Waals surface area contributed by atoms with Crippen LogP contribution in [0.3, 0.4) is 0 Å². The van der Waals surface area contributed by atoms with Crippen LogP contribution >= 0.6 is 11.3 Å². The first-order valence-electron chi connectivity index (χ1n) is 10.7. The van der Waals surface area contributed by atoms with Crippen LogP contribution in [0, 0.1) is 6.92 Å². The fourth-order valence-electron chi connectivity index (χ4n) is 4.18. The predicted octanol–water partition coefficient (Wildman–Crippen LogP) is 1.71. The lowest BCUT2D eigenvalue weighted by Gasteiger charge is -2.37. The molecule has 1 aromatic carbocycles. The van der Waals surface area contributed by atoms with Crippen LogP contribution in [0.15, 0.2) is 46.0 Å². The molecule has 2 aliphatic heterocycles. The second-order valence-corrected chi connectivity index (χ2v) is 11.4. The van der Waals surface area contributed by atoms with E-state index in [0.717, 1.165) is 32.7 Å². The molecule has 0 radical (unpaired) electrons. The van der Waals surface area contributed by atoms with Gasteiger partial charge in [0.2, 0.25) is 5.91 Å². The van der Waals surface area contributed by atoms with E-state index in [-0.39, 0.29) is 5.91 Å². The zero-order chi connectivity index (χ0) is 21.8. The molecule has 3 heterocycles. The molecule has 2 fully saturated rings. The number of hydrogen-bond donors (Lipinski definition) is 0. The zero-order valence-corrected chi connectivity index (χ0v) is 19.6. The number of piperazine rings is 2. The lowest BCUT2D eigenvalue weighted by atomic mass is 10.1. The predicted molar refractivity (Wildman–Crippen MR) is 123 cm³/mol. The Morgan fingerprint density at radius 1 is 0.935 bits per heavy atom. The first-order chi connectivity index (χ1) is 14.9. The Morgan fingerprint density at radius 2 is 1.65 bits per heavy atom. The molecule has 2 aromatic rings. The van der Waals surface area contributed by atoms with Gasteiger partial charge in [0.05, 0.1) is 6.54 Å². The molecule has 9 heteroatoms. The molecule has 0 N–H and O–H groups in total. The molecular weight excluding hydrogens is 432 g/mol. The maximum Gasteiger partial charge on any atom is 0.252 e. The molecule has 0 atom stereocenters. The van der Waals surface area contributed by atoms with E-state index < -0.39 is 10.0 Å². The van der Waals surface area contributed by atoms with Crippen molar-refractivity contribution < 1.29 is 13.2 Å². The van der Waals surface area contributed by atoms with E-state index in [0.29, 0.717) is 36.9 Å². The van der Waals surface area contributed by atoms with E-state index in [1.807, 2.05) is 4.90 Å². The van der Waals surface area contributed by atoms with Gasteiger partial charge in [-0.2, -0.15) is 4.31 Å². The molecule has 31 heavy (non-hydrogen) atoms. The van der Waals surface area contributed by atoms with Crippen molar-refractivity contribution in [1.29, 1.82) is 0 Å². The Labute approximate surface area is 188 Å². The van der Waals surface area contributed by atoms with E-state index in [2.05, 4.69) is 41.0 Å². The van der Waals surface area contributed by atoms with Crippen molar-refractivity contribution in [3.05, 3.63) is 52.9 Å². The highest BCUT2D eigenvalue weighted by molar-refractivity contribution is 7.91. The second-order valence-electron chi connectivity index (χ2n) is 8.26. The number of thiophene rings is 1. The first kappa shape index (κ1) is 22.4. The zero-order valence-electron chi connectivity index (χ0n) is 17.9. The standard InChI is InChI=1S/C22H30N4O3S2/c1-19-4-2-5-20(16-19)17-23-7-11-25(12-8-23)21(27)18-24-9-13-26(14-10-24)31(28,29)22-6-3-15-30-22/h2-6,15-16H,7-14,17-18H2,1H3. The van der Waals surface area contributed by atoms with Crippen molar-refractivity contribution in [3.8, 4) is 0 Å². The normalized spacial score (nSPS) is 19.6. The summed E-state index contributed by atoms with van der Waals surface area (Å²) in [5.41, 5.74) is 2.59. The summed E-state index contributed by atoms with van der Waals surface area (Å²) in [6, 6.07) is 12.0. The minimum absolute atomic E-state index is 0.143. The van der Waals surface area contributed by atoms with Crippen LogP contribution in [0.2, 0.25) is 0 Å². The van der Waals surface area contributed by atoms with E-state index in [4.69, 9.17) is 0 Å². The maximum absolute atomic E-state index is 12.8. The minimum atomic E-state index is -3.40. The lowest BCUT2D eigenvalue weighted by molar-refractivity contribution is -0.134. The molecule has 2 aliphatic rings. The maximum atomic E-state index is 12.8. The van der Waals surface area contributed by atoms with Crippen LogP contribution in [0.25, 0.3) is 0 Å². The molecule has 4 rings (SSSR count). The first-order valence-corrected chi connectivity index (χ1v) is 13.1. The van der Waals surface area contributed by atoms with Crippen LogP contribution < -0.4 is 0 Å². The third-order valence-electron chi connectivity index (χ3n) is 5.99. The fourth-order valence-corrected chi connectivity index (χ4v) is 6.75. The molecule has 0 spiro atoms. The van der Waals surface area contributed by atoms with Crippen LogP contribution in [-0.4, -0.2) is 92.2 Å². The molecule has 1 amide bonds. The highest BCUT2D eigenvalue weighted by atomic mass is 32.2. The molecule has 0 saturated carbocycles. The Kier molecular flexibility index (Phi) is 7.08. The molecule has 1 aromatic heterocycles. The monoisotopic (exact) mass is 462 g/mol. The third kappa shape index (κ3) is 5.53. The Morgan fingerprint density at radius 3 is 2.29 bits per heavy atom. The lowest BCUT2D eigenvalue weighted by Crippen LogP contribution is -2.54. The number of amides is 1. The largest absolute Gasteiger partial charge is 0.339 e. The number of aryl methyl sites for hydroxylation is 1. The number of carbonyl (C=O) groups excluding carboxylic acids is 1. The van der Waals surface area contributed by atoms with Crippen LogP contribution in [0.1, 0.15) is 11.1 Å². The van der Waals surface area contributed by atoms with Crippen molar-refractivity contribution in [2.75, 3.05) is 58.9 Å². The van der Waals surface area contributed by atoms with Crippen molar-refractivity contribution in [1.82, 2.24) is 19.0 Å². The highest BCUT2D eigenvalue weighted by Gasteiger charge is 2.30. The average molecular weight is 463 g/mol. The summed E-state index contributed by atoms with van der Waals surface area (Å²) in [5.74, 6) is 0.143. The molecular formula is C22H30N4O3S2. The van der Waals surface area contributed by atoms with Gasteiger partial charge >= 0.3 is 0 Å². The fraction of sp³-hybridized carbons (Fsp3) is 0.500. The van der Waals surface area contributed by atoms with Crippen molar-refractivity contribution in [2.24, 2.45) is 0 Å². The van der Waals surface area contributed by atoms with E-state index in [1.54, 1.807) is 17.5 Å². The van der Waals surface area contributed by atoms with Gasteiger partial charge in [-0.15, -0.1) is 11.3 Å². The van der Waals surface area contributed by atoms with Gasteiger partial charge in [0.1, 0.15) is 4.21 Å². The molecule has 0 aliphatic carbocycles. The van der Waals surface area contributed by atoms with Crippen LogP contribution in [0.4, 0.5) is 0 Å². The van der Waals surface area contributed by atoms with Crippen molar-refractivity contribution in [2.45, 2.75) is 17.7 Å². The quantitative estimate of drug-likeness (QED) is 0.654. The molecule has 7 nitrogen and oxygen atoms in total. The Hall–Kier alpha value is -1.78. The summed E-state index contributed by atoms with van der Waals surface area (Å²) in [5, 5.41) is 1.78. The number of benzene rings is 1. The van der Waals surface area contributed by atoms with Gasteiger partial charge in [-0.3, -0.25) is 14.6 Å². The number of nitrogens with zero attached hydrogens (tertiary/aromatic N) is 4. The van der Waals surface area contributed by atoms with Gasteiger partial charge in [0.15, 0.2) is 0 Å². The van der Waals surface area contributed by atoms with Gasteiger partial charge in [-0.05, 0) is 23.9 Å². The van der Waals surface area contributed by atoms with Crippen LogP contribution in [0.5, 0.6) is 0 Å². The number of rotatable bonds is 6. The topological polar surface area (TPSA) is 64.2 Å². The van der Waals surface area contributed by atoms with Gasteiger partial charge in [-0.1, -0.05) is 35.9 Å². The summed E-state index contributed by atoms with van der Waals surface area (Å²) in [6.07, 6.45) is 0. The number of hydrogen-bond acceptors (Lipinski definition) is 6. The van der Waals surface area contributed by atoms with Crippen molar-refractivity contribution in [3.63, 3.8) is 0 Å². The van der Waals surface area contributed by atoms with E-state index in [9.17, 15) is 13.2 Å². The minimum Gasteiger partial charge on any atom is -0.339 e. The summed E-state index contributed by atoms with van der Waals surface area (Å²) < 4.78 is 27.2. The number of sulfonamides is 1. The van der Waals surface area contributed by atoms with Gasteiger partial charge < -0.3 is 4.90 Å². The van der Waals surface area contributed by atoms with Crippen molar-refractivity contribution >= 4 is 27.3 Å².